The maximum atomic E-state index is 12.6. The first-order valence-corrected chi connectivity index (χ1v) is 8.04. The molecule has 0 aliphatic heterocycles. The van der Waals surface area contributed by atoms with Crippen molar-refractivity contribution in [1.29, 1.82) is 0 Å². The number of para-hydroxylation sites is 1. The Kier molecular flexibility index (Phi) is 4.79. The molecule has 0 saturated heterocycles. The standard InChI is InChI=1S/C19H17N3O4/c1-3-22-15-10-5-4-9-14(15)17(23)16(21-22)18(24)20-13-8-6-7-12(11-13)19(25)26-2/h4-11H,3H2,1-2H3,(H,20,24). The van der Waals surface area contributed by atoms with Gasteiger partial charge in [-0.2, -0.15) is 5.10 Å². The van der Waals surface area contributed by atoms with Crippen molar-refractivity contribution in [2.75, 3.05) is 12.4 Å². The van der Waals surface area contributed by atoms with E-state index in [0.717, 1.165) is 0 Å². The molecule has 0 unspecified atom stereocenters. The Morgan fingerprint density at radius 2 is 1.92 bits per heavy atom. The number of methoxy groups -OCH3 is 1. The number of rotatable bonds is 4. The van der Waals surface area contributed by atoms with Gasteiger partial charge in [0, 0.05) is 17.6 Å². The molecule has 1 amide bonds. The van der Waals surface area contributed by atoms with E-state index in [2.05, 4.69) is 15.2 Å². The number of nitrogens with zero attached hydrogens (tertiary/aromatic N) is 2. The van der Waals surface area contributed by atoms with Crippen LogP contribution in [0.1, 0.15) is 27.8 Å². The monoisotopic (exact) mass is 351 g/mol. The van der Waals surface area contributed by atoms with Crippen molar-refractivity contribution in [2.45, 2.75) is 13.5 Å². The number of nitrogens with one attached hydrogen (secondary N) is 1. The number of aromatic nitrogens is 2. The lowest BCUT2D eigenvalue weighted by Crippen LogP contribution is -2.27. The second-order valence-corrected chi connectivity index (χ2v) is 5.54. The van der Waals surface area contributed by atoms with Gasteiger partial charge in [0.15, 0.2) is 5.69 Å². The number of carbonyl (C=O) groups is 2. The van der Waals surface area contributed by atoms with E-state index < -0.39 is 17.3 Å². The van der Waals surface area contributed by atoms with E-state index in [1.807, 2.05) is 13.0 Å². The smallest absolute Gasteiger partial charge is 0.337 e. The fourth-order valence-electron chi connectivity index (χ4n) is 2.66. The lowest BCUT2D eigenvalue weighted by atomic mass is 10.1. The van der Waals surface area contributed by atoms with Gasteiger partial charge in [-0.25, -0.2) is 4.79 Å². The predicted octanol–water partition coefficient (Wildman–Crippen LogP) is 2.46. The Hall–Kier alpha value is -3.48. The molecule has 1 heterocycles. The first-order chi connectivity index (χ1) is 12.5. The number of benzene rings is 2. The minimum atomic E-state index is -0.634. The van der Waals surface area contributed by atoms with Gasteiger partial charge >= 0.3 is 5.97 Å². The zero-order valence-corrected chi connectivity index (χ0v) is 14.4. The van der Waals surface area contributed by atoms with Crippen LogP contribution < -0.4 is 10.7 Å². The van der Waals surface area contributed by atoms with Crippen LogP contribution in [0.2, 0.25) is 0 Å². The zero-order chi connectivity index (χ0) is 18.7. The average Bonchev–Trinajstić information content (AvgIpc) is 2.68. The fraction of sp³-hybridized carbons (Fsp3) is 0.158. The van der Waals surface area contributed by atoms with Crippen LogP contribution in [0.25, 0.3) is 10.9 Å². The highest BCUT2D eigenvalue weighted by Gasteiger charge is 2.17. The molecule has 7 heteroatoms. The third-order valence-corrected chi connectivity index (χ3v) is 3.92. The Morgan fingerprint density at radius 3 is 2.65 bits per heavy atom. The summed E-state index contributed by atoms with van der Waals surface area (Å²) in [6, 6.07) is 13.3. The summed E-state index contributed by atoms with van der Waals surface area (Å²) in [5.41, 5.74) is 0.697. The largest absolute Gasteiger partial charge is 0.465 e. The van der Waals surface area contributed by atoms with Crippen LogP contribution in [-0.2, 0) is 11.3 Å². The van der Waals surface area contributed by atoms with E-state index >= 15 is 0 Å². The Balaban J connectivity index is 2.00. The van der Waals surface area contributed by atoms with E-state index in [1.165, 1.54) is 13.2 Å². The number of hydrogen-bond acceptors (Lipinski definition) is 5. The Bertz CT molecular complexity index is 1060. The third kappa shape index (κ3) is 3.19. The molecule has 0 spiro atoms. The van der Waals surface area contributed by atoms with E-state index in [1.54, 1.807) is 41.1 Å². The first-order valence-electron chi connectivity index (χ1n) is 8.04. The van der Waals surface area contributed by atoms with E-state index in [9.17, 15) is 14.4 Å². The van der Waals surface area contributed by atoms with E-state index in [0.29, 0.717) is 28.7 Å². The van der Waals surface area contributed by atoms with Crippen LogP contribution in [0.4, 0.5) is 5.69 Å². The number of ether oxygens (including phenoxy) is 1. The lowest BCUT2D eigenvalue weighted by molar-refractivity contribution is 0.0600. The van der Waals surface area contributed by atoms with Crippen molar-refractivity contribution < 1.29 is 14.3 Å². The summed E-state index contributed by atoms with van der Waals surface area (Å²) in [6.07, 6.45) is 0. The number of amides is 1. The molecule has 0 aliphatic carbocycles. The van der Waals surface area contributed by atoms with Gasteiger partial charge in [-0.3, -0.25) is 14.3 Å². The predicted molar refractivity (Wildman–Crippen MR) is 97.4 cm³/mol. The van der Waals surface area contributed by atoms with Gasteiger partial charge in [0.1, 0.15) is 0 Å². The number of anilines is 1. The second kappa shape index (κ2) is 7.18. The second-order valence-electron chi connectivity index (χ2n) is 5.54. The maximum absolute atomic E-state index is 12.6. The number of hydrogen-bond donors (Lipinski definition) is 1. The summed E-state index contributed by atoms with van der Waals surface area (Å²) in [7, 11) is 1.28. The molecule has 2 aromatic carbocycles. The van der Waals surface area contributed by atoms with Gasteiger partial charge < -0.3 is 10.1 Å². The minimum absolute atomic E-state index is 0.200. The van der Waals surface area contributed by atoms with Gasteiger partial charge in [0.05, 0.1) is 18.2 Å². The topological polar surface area (TPSA) is 90.3 Å². The van der Waals surface area contributed by atoms with Gasteiger partial charge in [-0.05, 0) is 37.3 Å². The quantitative estimate of drug-likeness (QED) is 0.729. The summed E-state index contributed by atoms with van der Waals surface area (Å²) in [4.78, 5) is 36.8. The lowest BCUT2D eigenvalue weighted by Gasteiger charge is -2.10. The Labute approximate surface area is 149 Å². The van der Waals surface area contributed by atoms with Crippen molar-refractivity contribution in [2.24, 2.45) is 0 Å². The number of aryl methyl sites for hydroxylation is 1. The molecule has 1 aromatic heterocycles. The summed E-state index contributed by atoms with van der Waals surface area (Å²) in [5, 5.41) is 7.23. The van der Waals surface area contributed by atoms with Crippen molar-refractivity contribution in [3.63, 3.8) is 0 Å². The molecule has 0 saturated carbocycles. The SMILES string of the molecule is CCn1nc(C(=O)Nc2cccc(C(=O)OC)c2)c(=O)c2ccccc21. The first kappa shape index (κ1) is 17.3. The molecule has 1 N–H and O–H groups in total. The summed E-state index contributed by atoms with van der Waals surface area (Å²) < 4.78 is 6.27. The number of esters is 1. The molecule has 0 fully saturated rings. The van der Waals surface area contributed by atoms with Crippen molar-refractivity contribution >= 4 is 28.5 Å². The van der Waals surface area contributed by atoms with E-state index in [-0.39, 0.29) is 5.69 Å². The van der Waals surface area contributed by atoms with E-state index in [4.69, 9.17) is 0 Å². The highest BCUT2D eigenvalue weighted by Crippen LogP contribution is 2.14. The van der Waals surface area contributed by atoms with Crippen LogP contribution in [-0.4, -0.2) is 28.8 Å². The van der Waals surface area contributed by atoms with Crippen LogP contribution in [0.15, 0.2) is 53.3 Å². The molecule has 3 rings (SSSR count). The van der Waals surface area contributed by atoms with Crippen LogP contribution >= 0.6 is 0 Å². The highest BCUT2D eigenvalue weighted by atomic mass is 16.5. The average molecular weight is 351 g/mol. The molecule has 0 atom stereocenters. The molecule has 0 radical (unpaired) electrons. The molecule has 7 nitrogen and oxygen atoms in total. The Morgan fingerprint density at radius 1 is 1.15 bits per heavy atom. The van der Waals surface area contributed by atoms with Crippen LogP contribution in [0.3, 0.4) is 0 Å². The molecule has 0 aliphatic rings. The van der Waals surface area contributed by atoms with Gasteiger partial charge in [0.25, 0.3) is 5.91 Å². The van der Waals surface area contributed by atoms with Gasteiger partial charge in [-0.1, -0.05) is 18.2 Å². The molecular weight excluding hydrogens is 334 g/mol. The normalized spacial score (nSPS) is 10.5. The van der Waals surface area contributed by atoms with Crippen molar-refractivity contribution in [1.82, 2.24) is 9.78 Å². The molecule has 3 aromatic rings. The maximum Gasteiger partial charge on any atom is 0.337 e. The van der Waals surface area contributed by atoms with Crippen LogP contribution in [0.5, 0.6) is 0 Å². The summed E-state index contributed by atoms with van der Waals surface area (Å²) >= 11 is 0. The fourth-order valence-corrected chi connectivity index (χ4v) is 2.66. The molecule has 0 bridgehead atoms. The summed E-state index contributed by atoms with van der Waals surface area (Å²) in [5.74, 6) is -1.15. The third-order valence-electron chi connectivity index (χ3n) is 3.92. The highest BCUT2D eigenvalue weighted by molar-refractivity contribution is 6.04. The van der Waals surface area contributed by atoms with Crippen molar-refractivity contribution in [3.8, 4) is 0 Å². The minimum Gasteiger partial charge on any atom is -0.465 e. The van der Waals surface area contributed by atoms with Gasteiger partial charge in [-0.15, -0.1) is 0 Å². The summed E-state index contributed by atoms with van der Waals surface area (Å²) in [6.45, 7) is 2.39. The zero-order valence-electron chi connectivity index (χ0n) is 14.4. The molecular formula is C19H17N3O4. The number of carbonyl (C=O) groups excluding carboxylic acids is 2. The molecule has 132 valence electrons. The van der Waals surface area contributed by atoms with Crippen LogP contribution in [0, 0.1) is 0 Å². The molecule has 26 heavy (non-hydrogen) atoms. The number of fused-ring (bicyclic) bond motifs is 1. The van der Waals surface area contributed by atoms with Crippen molar-refractivity contribution in [3.05, 3.63) is 70.0 Å². The van der Waals surface area contributed by atoms with Gasteiger partial charge in [0.2, 0.25) is 5.43 Å².